The summed E-state index contributed by atoms with van der Waals surface area (Å²) in [7, 11) is 0. The van der Waals surface area contributed by atoms with Gasteiger partial charge in [0.25, 0.3) is 5.91 Å². The van der Waals surface area contributed by atoms with E-state index >= 15 is 0 Å². The molecule has 1 amide bonds. The molecule has 0 bridgehead atoms. The van der Waals surface area contributed by atoms with Crippen molar-refractivity contribution in [2.75, 3.05) is 13.2 Å². The standard InChI is InChI=1S/C26H20ClN5O3S/c1-16-4-2-6-19(12-16)34-10-11-35-22-8-7-17(14-21(22)27)13-20-23(28)32-26(30-24(20)33)36-25(31-32)18-5-3-9-29-15-18/h2-9,12-15,28H,10-11H2,1H3/b20-13-,28-23?. The van der Waals surface area contributed by atoms with Gasteiger partial charge in [-0.25, -0.2) is 0 Å². The Morgan fingerprint density at radius 1 is 1.11 bits per heavy atom. The van der Waals surface area contributed by atoms with Crippen LogP contribution in [0.5, 0.6) is 11.5 Å². The topological polar surface area (TPSA) is 100 Å². The number of nitrogens with zero attached hydrogens (tertiary/aromatic N) is 4. The van der Waals surface area contributed by atoms with Gasteiger partial charge in [-0.3, -0.25) is 15.2 Å². The van der Waals surface area contributed by atoms with E-state index in [4.69, 9.17) is 26.5 Å². The third-order valence-electron chi connectivity index (χ3n) is 5.23. The second kappa shape index (κ2) is 10.3. The van der Waals surface area contributed by atoms with Gasteiger partial charge < -0.3 is 9.47 Å². The van der Waals surface area contributed by atoms with Gasteiger partial charge in [-0.2, -0.15) is 15.1 Å². The van der Waals surface area contributed by atoms with Gasteiger partial charge in [-0.15, -0.1) is 0 Å². The Bertz CT molecular complexity index is 1440. The smallest absolute Gasteiger partial charge is 0.283 e. The third kappa shape index (κ3) is 5.17. The van der Waals surface area contributed by atoms with Crippen LogP contribution in [-0.4, -0.2) is 45.2 Å². The van der Waals surface area contributed by atoms with Crippen LogP contribution in [0.2, 0.25) is 5.02 Å². The molecule has 10 heteroatoms. The summed E-state index contributed by atoms with van der Waals surface area (Å²) in [5, 5.41) is 15.7. The zero-order valence-electron chi connectivity index (χ0n) is 19.1. The van der Waals surface area contributed by atoms with Gasteiger partial charge in [-0.05, 0) is 72.3 Å². The molecule has 2 aliphatic heterocycles. The number of carbonyl (C=O) groups excluding carboxylic acids is 1. The number of aryl methyl sites for hydroxylation is 1. The molecule has 0 unspecified atom stereocenters. The predicted octanol–water partition coefficient (Wildman–Crippen LogP) is 5.17. The first-order chi connectivity index (χ1) is 17.5. The van der Waals surface area contributed by atoms with Crippen molar-refractivity contribution in [3.63, 3.8) is 0 Å². The van der Waals surface area contributed by atoms with Crippen molar-refractivity contribution in [1.82, 2.24) is 9.99 Å². The molecule has 36 heavy (non-hydrogen) atoms. The highest BCUT2D eigenvalue weighted by Gasteiger charge is 2.36. The molecular weight excluding hydrogens is 498 g/mol. The van der Waals surface area contributed by atoms with E-state index in [9.17, 15) is 4.79 Å². The Kier molecular flexibility index (Phi) is 6.84. The molecular formula is C26H20ClN5O3S. The predicted molar refractivity (Wildman–Crippen MR) is 142 cm³/mol. The van der Waals surface area contributed by atoms with E-state index in [-0.39, 0.29) is 11.4 Å². The fourth-order valence-corrected chi connectivity index (χ4v) is 4.63. The second-order valence-electron chi connectivity index (χ2n) is 7.87. The molecule has 0 radical (unpaired) electrons. The number of ether oxygens (including phenoxy) is 2. The number of halogens is 1. The summed E-state index contributed by atoms with van der Waals surface area (Å²) in [4.78, 5) is 20.9. The maximum atomic E-state index is 12.7. The molecule has 0 spiro atoms. The van der Waals surface area contributed by atoms with Crippen LogP contribution in [0, 0.1) is 12.3 Å². The minimum Gasteiger partial charge on any atom is -0.490 e. The lowest BCUT2D eigenvalue weighted by molar-refractivity contribution is -0.114. The number of hydrazone groups is 1. The monoisotopic (exact) mass is 517 g/mol. The number of thioether (sulfide) groups is 1. The number of hydrogen-bond donors (Lipinski definition) is 1. The molecule has 180 valence electrons. The SMILES string of the molecule is Cc1cccc(OCCOc2ccc(/C=C3/C(=N)N4N=C(c5cccnc5)SC4=NC3=O)cc2Cl)c1. The summed E-state index contributed by atoms with van der Waals surface area (Å²) < 4.78 is 11.4. The van der Waals surface area contributed by atoms with E-state index in [0.717, 1.165) is 16.9 Å². The Balaban J connectivity index is 1.26. The fourth-order valence-electron chi connectivity index (χ4n) is 3.50. The van der Waals surface area contributed by atoms with E-state index in [1.54, 1.807) is 42.7 Å². The highest BCUT2D eigenvalue weighted by molar-refractivity contribution is 8.27. The average molecular weight is 518 g/mol. The molecule has 0 atom stereocenters. The van der Waals surface area contributed by atoms with Crippen LogP contribution in [0.3, 0.4) is 0 Å². The first-order valence-electron chi connectivity index (χ1n) is 11.0. The van der Waals surface area contributed by atoms with Crippen LogP contribution in [0.15, 0.2) is 82.7 Å². The number of hydrogen-bond acceptors (Lipinski definition) is 7. The molecule has 1 aromatic heterocycles. The van der Waals surface area contributed by atoms with E-state index in [1.165, 1.54) is 16.8 Å². The maximum absolute atomic E-state index is 12.7. The van der Waals surface area contributed by atoms with Crippen molar-refractivity contribution < 1.29 is 14.3 Å². The zero-order valence-corrected chi connectivity index (χ0v) is 20.7. The largest absolute Gasteiger partial charge is 0.490 e. The molecule has 8 nitrogen and oxygen atoms in total. The Morgan fingerprint density at radius 2 is 1.97 bits per heavy atom. The molecule has 0 saturated heterocycles. The number of aliphatic imine (C=N–C) groups is 1. The molecule has 0 fully saturated rings. The molecule has 5 rings (SSSR count). The third-order valence-corrected chi connectivity index (χ3v) is 6.48. The van der Waals surface area contributed by atoms with Crippen molar-refractivity contribution in [2.24, 2.45) is 10.1 Å². The lowest BCUT2D eigenvalue weighted by Gasteiger charge is -2.20. The number of aromatic nitrogens is 1. The second-order valence-corrected chi connectivity index (χ2v) is 9.23. The summed E-state index contributed by atoms with van der Waals surface area (Å²) in [5.74, 6) is 0.719. The summed E-state index contributed by atoms with van der Waals surface area (Å²) >= 11 is 7.64. The van der Waals surface area contributed by atoms with Gasteiger partial charge in [0.05, 0.1) is 10.6 Å². The number of amides is 1. The molecule has 0 aliphatic carbocycles. The molecule has 3 heterocycles. The van der Waals surface area contributed by atoms with Gasteiger partial charge in [0.1, 0.15) is 29.8 Å². The number of amidine groups is 2. The van der Waals surface area contributed by atoms with E-state index in [0.29, 0.717) is 39.8 Å². The molecule has 2 aliphatic rings. The van der Waals surface area contributed by atoms with Crippen molar-refractivity contribution in [2.45, 2.75) is 6.92 Å². The number of carbonyl (C=O) groups is 1. The Morgan fingerprint density at radius 3 is 2.75 bits per heavy atom. The Labute approximate surface area is 216 Å². The van der Waals surface area contributed by atoms with Crippen LogP contribution >= 0.6 is 23.4 Å². The minimum absolute atomic E-state index is 0.0545. The number of rotatable bonds is 7. The van der Waals surface area contributed by atoms with Crippen molar-refractivity contribution in [1.29, 1.82) is 5.41 Å². The highest BCUT2D eigenvalue weighted by Crippen LogP contribution is 2.32. The lowest BCUT2D eigenvalue weighted by atomic mass is 10.1. The summed E-state index contributed by atoms with van der Waals surface area (Å²) in [6.07, 6.45) is 4.92. The van der Waals surface area contributed by atoms with Crippen LogP contribution < -0.4 is 9.47 Å². The molecule has 0 saturated carbocycles. The first kappa shape index (κ1) is 23.8. The lowest BCUT2D eigenvalue weighted by Crippen LogP contribution is -2.35. The van der Waals surface area contributed by atoms with Crippen molar-refractivity contribution in [3.8, 4) is 11.5 Å². The molecule has 3 aromatic rings. The fraction of sp³-hybridized carbons (Fsp3) is 0.115. The minimum atomic E-state index is -0.508. The maximum Gasteiger partial charge on any atom is 0.283 e. The van der Waals surface area contributed by atoms with Crippen LogP contribution in [0.25, 0.3) is 6.08 Å². The highest BCUT2D eigenvalue weighted by atomic mass is 35.5. The van der Waals surface area contributed by atoms with Gasteiger partial charge >= 0.3 is 0 Å². The van der Waals surface area contributed by atoms with E-state index < -0.39 is 5.91 Å². The summed E-state index contributed by atoms with van der Waals surface area (Å²) in [6.45, 7) is 2.69. The number of pyridine rings is 1. The quantitative estimate of drug-likeness (QED) is 0.343. The number of fused-ring (bicyclic) bond motifs is 1. The molecule has 2 aromatic carbocycles. The summed E-state index contributed by atoms with van der Waals surface area (Å²) in [5.41, 5.74) is 2.67. The molecule has 1 N–H and O–H groups in total. The summed E-state index contributed by atoms with van der Waals surface area (Å²) in [6, 6.07) is 16.6. The van der Waals surface area contributed by atoms with Crippen molar-refractivity contribution in [3.05, 3.63) is 94.3 Å². The zero-order chi connectivity index (χ0) is 25.1. The number of nitrogens with one attached hydrogen (secondary N) is 1. The van der Waals surface area contributed by atoms with E-state index in [1.807, 2.05) is 37.3 Å². The van der Waals surface area contributed by atoms with Crippen molar-refractivity contribution >= 4 is 51.4 Å². The Hall–Kier alpha value is -3.95. The van der Waals surface area contributed by atoms with Crippen LogP contribution in [0.1, 0.15) is 16.7 Å². The van der Waals surface area contributed by atoms with Crippen LogP contribution in [-0.2, 0) is 4.79 Å². The van der Waals surface area contributed by atoms with E-state index in [2.05, 4.69) is 15.1 Å². The average Bonchev–Trinajstić information content (AvgIpc) is 3.30. The van der Waals surface area contributed by atoms with Gasteiger partial charge in [0, 0.05) is 18.0 Å². The normalized spacial score (nSPS) is 16.1. The van der Waals surface area contributed by atoms with Gasteiger partial charge in [0.2, 0.25) is 5.17 Å². The van der Waals surface area contributed by atoms with Crippen LogP contribution in [0.4, 0.5) is 0 Å². The van der Waals surface area contributed by atoms with Gasteiger partial charge in [0.15, 0.2) is 5.84 Å². The first-order valence-corrected chi connectivity index (χ1v) is 12.2. The number of benzene rings is 2. The van der Waals surface area contributed by atoms with Gasteiger partial charge in [-0.1, -0.05) is 29.8 Å².